The number of rotatable bonds is 7. The molecule has 7 heteroatoms. The van der Waals surface area contributed by atoms with Crippen molar-refractivity contribution in [3.63, 3.8) is 0 Å². The van der Waals surface area contributed by atoms with E-state index in [4.69, 9.17) is 25.6 Å². The van der Waals surface area contributed by atoms with Crippen molar-refractivity contribution < 1.29 is 19.1 Å². The first kappa shape index (κ1) is 14.8. The second kappa shape index (κ2) is 7.23. The third kappa shape index (κ3) is 3.93. The number of phenols is 1. The maximum atomic E-state index is 9.78. The molecule has 0 unspecified atom stereocenters. The molecule has 1 aromatic carbocycles. The molecule has 20 heavy (non-hydrogen) atoms. The summed E-state index contributed by atoms with van der Waals surface area (Å²) in [6.45, 7) is 1.56. The van der Waals surface area contributed by atoms with E-state index in [-0.39, 0.29) is 11.6 Å². The molecular weight excluding hydrogens is 284 g/mol. The number of aromatic nitrogens is 2. The fourth-order valence-electron chi connectivity index (χ4n) is 1.56. The Morgan fingerprint density at radius 2 is 2.15 bits per heavy atom. The first-order chi connectivity index (χ1) is 9.70. The lowest BCUT2D eigenvalue weighted by atomic mass is 10.2. The van der Waals surface area contributed by atoms with Crippen molar-refractivity contribution in [3.8, 4) is 17.2 Å². The third-order valence-electron chi connectivity index (χ3n) is 2.56. The number of benzene rings is 1. The van der Waals surface area contributed by atoms with Crippen LogP contribution >= 0.6 is 11.6 Å². The van der Waals surface area contributed by atoms with Gasteiger partial charge in [-0.2, -0.15) is 4.98 Å². The summed E-state index contributed by atoms with van der Waals surface area (Å²) < 4.78 is 15.3. The summed E-state index contributed by atoms with van der Waals surface area (Å²) in [5.41, 5.74) is 0.452. The fraction of sp³-hybridized carbons (Fsp3) is 0.385. The number of hydrogen-bond acceptors (Lipinski definition) is 6. The molecule has 0 aliphatic carbocycles. The van der Waals surface area contributed by atoms with Crippen LogP contribution in [0.5, 0.6) is 5.75 Å². The summed E-state index contributed by atoms with van der Waals surface area (Å²) in [4.78, 5) is 4.20. The molecule has 0 atom stereocenters. The van der Waals surface area contributed by atoms with Gasteiger partial charge in [-0.3, -0.25) is 0 Å². The van der Waals surface area contributed by atoms with Crippen molar-refractivity contribution in [2.24, 2.45) is 0 Å². The van der Waals surface area contributed by atoms with Crippen LogP contribution < -0.4 is 0 Å². The molecule has 0 amide bonds. The summed E-state index contributed by atoms with van der Waals surface area (Å²) in [6, 6.07) is 4.70. The second-order valence-corrected chi connectivity index (χ2v) is 4.47. The summed E-state index contributed by atoms with van der Waals surface area (Å²) in [7, 11) is 1.62. The minimum absolute atomic E-state index is 0.00374. The van der Waals surface area contributed by atoms with E-state index in [1.807, 2.05) is 0 Å². The van der Waals surface area contributed by atoms with Gasteiger partial charge in [-0.15, -0.1) is 0 Å². The van der Waals surface area contributed by atoms with Gasteiger partial charge in [-0.25, -0.2) is 0 Å². The van der Waals surface area contributed by atoms with Crippen LogP contribution in [0.1, 0.15) is 5.82 Å². The summed E-state index contributed by atoms with van der Waals surface area (Å²) >= 11 is 5.77. The van der Waals surface area contributed by atoms with Gasteiger partial charge < -0.3 is 19.1 Å². The van der Waals surface area contributed by atoms with Gasteiger partial charge in [-0.05, 0) is 18.2 Å². The van der Waals surface area contributed by atoms with E-state index in [0.717, 1.165) is 0 Å². The zero-order valence-electron chi connectivity index (χ0n) is 11.0. The van der Waals surface area contributed by atoms with Crippen LogP contribution in [0.3, 0.4) is 0 Å². The lowest BCUT2D eigenvalue weighted by molar-refractivity contribution is 0.0714. The van der Waals surface area contributed by atoms with Crippen molar-refractivity contribution in [3.05, 3.63) is 29.0 Å². The monoisotopic (exact) mass is 298 g/mol. The van der Waals surface area contributed by atoms with Gasteiger partial charge in [0.05, 0.1) is 25.4 Å². The lowest BCUT2D eigenvalue weighted by Crippen LogP contribution is -2.05. The molecule has 2 rings (SSSR count). The van der Waals surface area contributed by atoms with Crippen LogP contribution in [0.15, 0.2) is 22.7 Å². The van der Waals surface area contributed by atoms with E-state index < -0.39 is 0 Å². The predicted octanol–water partition coefficient (Wildman–Crippen LogP) is 2.30. The Kier molecular flexibility index (Phi) is 5.34. The Balaban J connectivity index is 1.95. The number of ether oxygens (including phenoxy) is 2. The molecule has 0 saturated carbocycles. The zero-order chi connectivity index (χ0) is 14.4. The van der Waals surface area contributed by atoms with E-state index in [0.29, 0.717) is 42.7 Å². The standard InChI is InChI=1S/C13H15ClN2O4/c1-18-6-7-19-5-4-12-15-13(20-16-12)10-3-2-9(14)8-11(10)17/h2-3,8,17H,4-7H2,1H3. The molecular formula is C13H15ClN2O4. The highest BCUT2D eigenvalue weighted by molar-refractivity contribution is 6.30. The molecule has 0 bridgehead atoms. The Labute approximate surface area is 121 Å². The van der Waals surface area contributed by atoms with Crippen LogP contribution in [0.25, 0.3) is 11.5 Å². The number of nitrogens with zero attached hydrogens (tertiary/aromatic N) is 2. The van der Waals surface area contributed by atoms with Crippen LogP contribution in [0, 0.1) is 0 Å². The number of aromatic hydroxyl groups is 1. The van der Waals surface area contributed by atoms with Gasteiger partial charge in [0.15, 0.2) is 5.82 Å². The van der Waals surface area contributed by atoms with Crippen molar-refractivity contribution in [1.82, 2.24) is 10.1 Å². The number of hydrogen-bond donors (Lipinski definition) is 1. The molecule has 0 spiro atoms. The van der Waals surface area contributed by atoms with Crippen LogP contribution in [-0.2, 0) is 15.9 Å². The highest BCUT2D eigenvalue weighted by atomic mass is 35.5. The van der Waals surface area contributed by atoms with Gasteiger partial charge in [0, 0.05) is 18.6 Å². The van der Waals surface area contributed by atoms with E-state index in [1.165, 1.54) is 6.07 Å². The number of halogens is 1. The number of methoxy groups -OCH3 is 1. The van der Waals surface area contributed by atoms with Crippen molar-refractivity contribution in [1.29, 1.82) is 0 Å². The largest absolute Gasteiger partial charge is 0.507 e. The second-order valence-electron chi connectivity index (χ2n) is 4.03. The highest BCUT2D eigenvalue weighted by Crippen LogP contribution is 2.30. The van der Waals surface area contributed by atoms with Crippen LogP contribution in [0.2, 0.25) is 5.02 Å². The van der Waals surface area contributed by atoms with Crippen molar-refractivity contribution in [2.45, 2.75) is 6.42 Å². The smallest absolute Gasteiger partial charge is 0.261 e. The normalized spacial score (nSPS) is 10.9. The first-order valence-electron chi connectivity index (χ1n) is 6.09. The highest BCUT2D eigenvalue weighted by Gasteiger charge is 2.13. The molecule has 1 heterocycles. The molecule has 6 nitrogen and oxygen atoms in total. The van der Waals surface area contributed by atoms with Gasteiger partial charge in [0.25, 0.3) is 5.89 Å². The molecule has 1 aromatic heterocycles. The quantitative estimate of drug-likeness (QED) is 0.790. The minimum Gasteiger partial charge on any atom is -0.507 e. The third-order valence-corrected chi connectivity index (χ3v) is 2.80. The zero-order valence-corrected chi connectivity index (χ0v) is 11.8. The molecule has 0 radical (unpaired) electrons. The molecule has 0 aliphatic rings. The average Bonchev–Trinajstić information content (AvgIpc) is 2.87. The van der Waals surface area contributed by atoms with Crippen LogP contribution in [0.4, 0.5) is 0 Å². The fourth-order valence-corrected chi connectivity index (χ4v) is 1.72. The van der Waals surface area contributed by atoms with E-state index in [2.05, 4.69) is 10.1 Å². The Morgan fingerprint density at radius 3 is 2.90 bits per heavy atom. The summed E-state index contributed by atoms with van der Waals surface area (Å²) in [6.07, 6.45) is 0.529. The maximum absolute atomic E-state index is 9.78. The van der Waals surface area contributed by atoms with E-state index in [1.54, 1.807) is 19.2 Å². The Hall–Kier alpha value is -1.63. The summed E-state index contributed by atoms with van der Waals surface area (Å²) in [5.74, 6) is 0.780. The van der Waals surface area contributed by atoms with Crippen LogP contribution in [-0.4, -0.2) is 42.2 Å². The molecule has 108 valence electrons. The van der Waals surface area contributed by atoms with Gasteiger partial charge in [0.1, 0.15) is 5.75 Å². The maximum Gasteiger partial charge on any atom is 0.261 e. The van der Waals surface area contributed by atoms with Crippen molar-refractivity contribution in [2.75, 3.05) is 26.9 Å². The van der Waals surface area contributed by atoms with Gasteiger partial charge in [-0.1, -0.05) is 16.8 Å². The topological polar surface area (TPSA) is 77.6 Å². The van der Waals surface area contributed by atoms with E-state index >= 15 is 0 Å². The summed E-state index contributed by atoms with van der Waals surface area (Å²) in [5, 5.41) is 14.1. The van der Waals surface area contributed by atoms with Crippen molar-refractivity contribution >= 4 is 11.6 Å². The Bertz CT molecular complexity index is 559. The lowest BCUT2D eigenvalue weighted by Gasteiger charge is -2.00. The molecule has 1 N–H and O–H groups in total. The van der Waals surface area contributed by atoms with E-state index in [9.17, 15) is 5.11 Å². The average molecular weight is 299 g/mol. The molecule has 0 aliphatic heterocycles. The Morgan fingerprint density at radius 1 is 1.30 bits per heavy atom. The molecule has 2 aromatic rings. The van der Waals surface area contributed by atoms with Gasteiger partial charge >= 0.3 is 0 Å². The first-order valence-corrected chi connectivity index (χ1v) is 6.46. The molecule has 0 fully saturated rings. The predicted molar refractivity (Wildman–Crippen MR) is 72.8 cm³/mol. The number of phenolic OH excluding ortho intramolecular Hbond substituents is 1. The minimum atomic E-state index is 0.00374. The molecule has 0 saturated heterocycles. The SMILES string of the molecule is COCCOCCc1noc(-c2ccc(Cl)cc2O)n1. The van der Waals surface area contributed by atoms with Gasteiger partial charge in [0.2, 0.25) is 0 Å².